The number of ether oxygens (including phenoxy) is 2. The van der Waals surface area contributed by atoms with Gasteiger partial charge >= 0.3 is 5.97 Å². The van der Waals surface area contributed by atoms with Gasteiger partial charge in [-0.25, -0.2) is 19.2 Å². The van der Waals surface area contributed by atoms with Gasteiger partial charge in [0, 0.05) is 41.0 Å². The number of piperidine rings is 1. The summed E-state index contributed by atoms with van der Waals surface area (Å²) >= 11 is -1.51. The van der Waals surface area contributed by atoms with E-state index in [1.165, 1.54) is 25.3 Å². The lowest BCUT2D eigenvalue weighted by atomic mass is 9.93. The minimum atomic E-state index is -1.51. The average molecular weight is 602 g/mol. The third-order valence-corrected chi connectivity index (χ3v) is 9.51. The van der Waals surface area contributed by atoms with Crippen LogP contribution in [0.3, 0.4) is 0 Å². The summed E-state index contributed by atoms with van der Waals surface area (Å²) in [7, 11) is 1.38. The van der Waals surface area contributed by atoms with Crippen molar-refractivity contribution in [2.75, 3.05) is 26.8 Å². The predicted molar refractivity (Wildman–Crippen MR) is 158 cm³/mol. The molecule has 2 aromatic carbocycles. The van der Waals surface area contributed by atoms with Crippen molar-refractivity contribution < 1.29 is 23.2 Å². The predicted octanol–water partition coefficient (Wildman–Crippen LogP) is 4.70. The Labute approximate surface area is 252 Å². The van der Waals surface area contributed by atoms with E-state index < -0.39 is 17.0 Å². The minimum absolute atomic E-state index is 0.000456. The highest BCUT2D eigenvalue weighted by atomic mass is 32.2. The number of pyridine rings is 1. The molecule has 0 amide bonds. The SMILES string of the molecule is COC(=O)c1ccc2nc(CN3CCC(c4cccc([S+]([O-])Cc5ccc(C#N)cc5F)n4)CC3)n(C[C@@H]3CCO3)c2c1. The Hall–Kier alpha value is -3.82. The van der Waals surface area contributed by atoms with Crippen molar-refractivity contribution in [3.05, 3.63) is 88.6 Å². The van der Waals surface area contributed by atoms with Crippen LogP contribution in [0.4, 0.5) is 4.39 Å². The molecule has 0 aliphatic carbocycles. The highest BCUT2D eigenvalue weighted by Gasteiger charge is 2.27. The lowest BCUT2D eigenvalue weighted by Crippen LogP contribution is -2.35. The Bertz CT molecular complexity index is 1680. The van der Waals surface area contributed by atoms with E-state index in [0.717, 1.165) is 61.5 Å². The first-order valence-corrected chi connectivity index (χ1v) is 15.7. The van der Waals surface area contributed by atoms with Crippen LogP contribution >= 0.6 is 0 Å². The fourth-order valence-electron chi connectivity index (χ4n) is 5.69. The van der Waals surface area contributed by atoms with E-state index in [4.69, 9.17) is 24.7 Å². The smallest absolute Gasteiger partial charge is 0.337 e. The van der Waals surface area contributed by atoms with Crippen LogP contribution in [-0.2, 0) is 39.5 Å². The Morgan fingerprint density at radius 3 is 2.67 bits per heavy atom. The summed E-state index contributed by atoms with van der Waals surface area (Å²) in [6.45, 7) is 3.84. The van der Waals surface area contributed by atoms with Gasteiger partial charge in [-0.1, -0.05) is 12.1 Å². The molecule has 2 aromatic heterocycles. The Morgan fingerprint density at radius 2 is 1.98 bits per heavy atom. The molecule has 6 rings (SSSR count). The zero-order valence-corrected chi connectivity index (χ0v) is 24.7. The average Bonchev–Trinajstić information content (AvgIpc) is 3.35. The third kappa shape index (κ3) is 6.43. The molecule has 0 bridgehead atoms. The van der Waals surface area contributed by atoms with Gasteiger partial charge in [0.2, 0.25) is 5.03 Å². The number of carbonyl (C=O) groups is 1. The number of aromatic nitrogens is 3. The summed E-state index contributed by atoms with van der Waals surface area (Å²) in [5.41, 5.74) is 3.67. The molecule has 2 atom stereocenters. The lowest BCUT2D eigenvalue weighted by molar-refractivity contribution is -0.0592. The first kappa shape index (κ1) is 29.3. The van der Waals surface area contributed by atoms with E-state index >= 15 is 0 Å². The zero-order valence-electron chi connectivity index (χ0n) is 23.9. The summed E-state index contributed by atoms with van der Waals surface area (Å²) in [4.78, 5) is 24.2. The van der Waals surface area contributed by atoms with Crippen molar-refractivity contribution in [3.63, 3.8) is 0 Å². The molecule has 0 radical (unpaired) electrons. The quantitative estimate of drug-likeness (QED) is 0.200. The molecule has 2 fully saturated rings. The van der Waals surface area contributed by atoms with Crippen molar-refractivity contribution in [2.24, 2.45) is 0 Å². The van der Waals surface area contributed by atoms with Gasteiger partial charge in [-0.3, -0.25) is 4.90 Å². The molecule has 2 aliphatic rings. The van der Waals surface area contributed by atoms with Crippen LogP contribution in [0.15, 0.2) is 59.6 Å². The second kappa shape index (κ2) is 12.8. The number of benzene rings is 2. The maximum absolute atomic E-state index is 14.4. The van der Waals surface area contributed by atoms with Crippen molar-refractivity contribution in [1.82, 2.24) is 19.4 Å². The summed E-state index contributed by atoms with van der Waals surface area (Å²) in [6.07, 6.45) is 2.93. The zero-order chi connectivity index (χ0) is 29.9. The normalized spacial score (nSPS) is 18.2. The van der Waals surface area contributed by atoms with Crippen molar-refractivity contribution >= 4 is 28.2 Å². The number of nitriles is 1. The first-order valence-electron chi connectivity index (χ1n) is 14.4. The third-order valence-electron chi connectivity index (χ3n) is 8.25. The van der Waals surface area contributed by atoms with Crippen LogP contribution in [0.2, 0.25) is 0 Å². The van der Waals surface area contributed by atoms with Crippen LogP contribution in [0.5, 0.6) is 0 Å². The van der Waals surface area contributed by atoms with E-state index in [-0.39, 0.29) is 29.3 Å². The minimum Gasteiger partial charge on any atom is -0.610 e. The fraction of sp³-hybridized carbons (Fsp3) is 0.375. The summed E-state index contributed by atoms with van der Waals surface area (Å²) in [5.74, 6) is 0.260. The monoisotopic (exact) mass is 601 g/mol. The number of hydrogen-bond donors (Lipinski definition) is 0. The van der Waals surface area contributed by atoms with E-state index in [0.29, 0.717) is 29.2 Å². The Balaban J connectivity index is 1.12. The van der Waals surface area contributed by atoms with Gasteiger partial charge in [-0.2, -0.15) is 5.26 Å². The topological polar surface area (TPSA) is 116 Å². The van der Waals surface area contributed by atoms with Gasteiger partial charge in [-0.15, -0.1) is 0 Å². The molecule has 9 nitrogen and oxygen atoms in total. The van der Waals surface area contributed by atoms with Gasteiger partial charge in [-0.05, 0) is 68.8 Å². The molecule has 11 heteroatoms. The number of esters is 1. The van der Waals surface area contributed by atoms with E-state index in [1.807, 2.05) is 30.3 Å². The molecule has 222 valence electrons. The van der Waals surface area contributed by atoms with E-state index in [9.17, 15) is 13.7 Å². The van der Waals surface area contributed by atoms with Gasteiger partial charge < -0.3 is 18.6 Å². The molecule has 4 heterocycles. The van der Waals surface area contributed by atoms with Crippen LogP contribution in [-0.4, -0.2) is 62.9 Å². The molecular weight excluding hydrogens is 569 g/mol. The number of nitrogens with zero attached hydrogens (tertiary/aromatic N) is 5. The molecule has 0 spiro atoms. The van der Waals surface area contributed by atoms with Crippen molar-refractivity contribution in [3.8, 4) is 6.07 Å². The number of rotatable bonds is 9. The summed E-state index contributed by atoms with van der Waals surface area (Å²) in [5, 5.41) is 9.40. The van der Waals surface area contributed by atoms with Crippen molar-refractivity contribution in [2.45, 2.75) is 55.2 Å². The largest absolute Gasteiger partial charge is 0.610 e. The van der Waals surface area contributed by atoms with Gasteiger partial charge in [0.1, 0.15) is 17.4 Å². The highest BCUT2D eigenvalue weighted by molar-refractivity contribution is 7.90. The second-order valence-corrected chi connectivity index (χ2v) is 12.4. The maximum atomic E-state index is 14.4. The van der Waals surface area contributed by atoms with Crippen LogP contribution in [0, 0.1) is 17.1 Å². The number of hydrogen-bond acceptors (Lipinski definition) is 8. The standard InChI is InChI=1S/C32H32FN5O4S/c1-41-32(39)23-7-8-28-29(16-23)38(18-25-11-14-42-25)30(35-28)19-37-12-9-22(10-13-37)27-3-2-4-31(36-27)43(40)20-24-6-5-21(17-34)15-26(24)33/h2-8,15-16,22,25H,9-14,18-20H2,1H3/t25-,43?/m0/s1. The number of methoxy groups -OCH3 is 1. The number of fused-ring (bicyclic) bond motifs is 1. The van der Waals surface area contributed by atoms with E-state index in [2.05, 4.69) is 9.47 Å². The summed E-state index contributed by atoms with van der Waals surface area (Å²) in [6, 6.07) is 17.1. The van der Waals surface area contributed by atoms with E-state index in [1.54, 1.807) is 12.1 Å². The van der Waals surface area contributed by atoms with Gasteiger partial charge in [0.15, 0.2) is 0 Å². The number of imidazole rings is 1. The summed E-state index contributed by atoms with van der Waals surface area (Å²) < 4.78 is 40.2. The van der Waals surface area contributed by atoms with Crippen LogP contribution in [0.25, 0.3) is 11.0 Å². The van der Waals surface area contributed by atoms with Crippen LogP contribution < -0.4 is 0 Å². The Morgan fingerprint density at radius 1 is 1.16 bits per heavy atom. The lowest BCUT2D eigenvalue weighted by Gasteiger charge is -2.32. The van der Waals surface area contributed by atoms with Gasteiger partial charge in [0.05, 0.1) is 54.5 Å². The molecule has 0 saturated carbocycles. The molecular formula is C32H32FN5O4S. The number of carbonyl (C=O) groups excluding carboxylic acids is 1. The van der Waals surface area contributed by atoms with Crippen LogP contribution in [0.1, 0.15) is 58.2 Å². The Kier molecular flexibility index (Phi) is 8.72. The number of halogens is 1. The molecule has 4 aromatic rings. The molecule has 0 N–H and O–H groups in total. The molecule has 43 heavy (non-hydrogen) atoms. The highest BCUT2D eigenvalue weighted by Crippen LogP contribution is 2.30. The number of likely N-dealkylation sites (tertiary alicyclic amines) is 1. The molecule has 2 saturated heterocycles. The first-order chi connectivity index (χ1) is 20.9. The van der Waals surface area contributed by atoms with Gasteiger partial charge in [0.25, 0.3) is 0 Å². The molecule has 1 unspecified atom stereocenters. The molecule has 2 aliphatic heterocycles. The fourth-order valence-corrected chi connectivity index (χ4v) is 6.80. The van der Waals surface area contributed by atoms with Crippen molar-refractivity contribution in [1.29, 1.82) is 5.26 Å². The second-order valence-electron chi connectivity index (χ2n) is 11.0. The maximum Gasteiger partial charge on any atom is 0.337 e.